The molecule has 0 unspecified atom stereocenters. The SMILES string of the molecule is CCC(CC)(CO)CNC(=O)c1ccc(C(C)=O)cc1. The third-order valence-electron chi connectivity index (χ3n) is 4.01. The van der Waals surface area contributed by atoms with E-state index in [1.165, 1.54) is 6.92 Å². The summed E-state index contributed by atoms with van der Waals surface area (Å²) in [5, 5.41) is 12.3. The molecule has 0 aromatic heterocycles. The molecule has 0 aliphatic carbocycles. The van der Waals surface area contributed by atoms with Crippen LogP contribution >= 0.6 is 0 Å². The molecule has 0 radical (unpaired) electrons. The third kappa shape index (κ3) is 3.90. The highest BCUT2D eigenvalue weighted by Gasteiger charge is 2.25. The molecule has 1 amide bonds. The number of aliphatic hydroxyl groups is 1. The average Bonchev–Trinajstić information content (AvgIpc) is 2.49. The first-order valence-electron chi connectivity index (χ1n) is 6.98. The van der Waals surface area contributed by atoms with E-state index in [1.807, 2.05) is 13.8 Å². The molecule has 1 aromatic rings. The van der Waals surface area contributed by atoms with Gasteiger partial charge in [-0.3, -0.25) is 9.59 Å². The van der Waals surface area contributed by atoms with Crippen molar-refractivity contribution in [1.29, 1.82) is 0 Å². The molecule has 110 valence electrons. The number of ketones is 1. The van der Waals surface area contributed by atoms with Crippen LogP contribution in [0.1, 0.15) is 54.3 Å². The minimum atomic E-state index is -0.255. The Balaban J connectivity index is 2.69. The molecule has 1 rings (SSSR count). The predicted molar refractivity (Wildman–Crippen MR) is 78.9 cm³/mol. The standard InChI is InChI=1S/C16H23NO3/c1-4-16(5-2,11-18)10-17-15(20)14-8-6-13(7-9-14)12(3)19/h6-9,18H,4-5,10-11H2,1-3H3,(H,17,20). The van der Waals surface area contributed by atoms with Crippen LogP contribution in [0.25, 0.3) is 0 Å². The summed E-state index contributed by atoms with van der Waals surface area (Å²) in [6.07, 6.45) is 1.62. The molecule has 0 saturated carbocycles. The van der Waals surface area contributed by atoms with Crippen molar-refractivity contribution in [3.05, 3.63) is 35.4 Å². The van der Waals surface area contributed by atoms with Crippen LogP contribution in [-0.4, -0.2) is 29.9 Å². The quantitative estimate of drug-likeness (QED) is 0.752. The maximum atomic E-state index is 12.0. The van der Waals surface area contributed by atoms with Crippen LogP contribution in [0.4, 0.5) is 0 Å². The maximum absolute atomic E-state index is 12.0. The monoisotopic (exact) mass is 277 g/mol. The normalized spacial score (nSPS) is 11.2. The lowest BCUT2D eigenvalue weighted by Gasteiger charge is -2.29. The molecule has 0 fully saturated rings. The minimum absolute atomic E-state index is 0.0202. The van der Waals surface area contributed by atoms with E-state index in [1.54, 1.807) is 24.3 Å². The molecule has 0 aliphatic heterocycles. The largest absolute Gasteiger partial charge is 0.396 e. The summed E-state index contributed by atoms with van der Waals surface area (Å²) in [5.41, 5.74) is 0.858. The van der Waals surface area contributed by atoms with Gasteiger partial charge in [0.1, 0.15) is 0 Å². The van der Waals surface area contributed by atoms with E-state index in [4.69, 9.17) is 0 Å². The van der Waals surface area contributed by atoms with Crippen LogP contribution in [-0.2, 0) is 0 Å². The van der Waals surface area contributed by atoms with E-state index in [0.717, 1.165) is 12.8 Å². The number of Topliss-reactive ketones (excluding diaryl/α,β-unsaturated/α-hetero) is 1. The highest BCUT2D eigenvalue weighted by Crippen LogP contribution is 2.24. The van der Waals surface area contributed by atoms with Gasteiger partial charge in [0.05, 0.1) is 6.61 Å². The fraction of sp³-hybridized carbons (Fsp3) is 0.500. The van der Waals surface area contributed by atoms with Crippen LogP contribution in [0, 0.1) is 5.41 Å². The molecular formula is C16H23NO3. The third-order valence-corrected chi connectivity index (χ3v) is 4.01. The summed E-state index contributed by atoms with van der Waals surface area (Å²) >= 11 is 0. The fourth-order valence-electron chi connectivity index (χ4n) is 2.01. The molecule has 4 nitrogen and oxygen atoms in total. The molecule has 2 N–H and O–H groups in total. The summed E-state index contributed by atoms with van der Waals surface area (Å²) in [4.78, 5) is 23.2. The molecule has 0 heterocycles. The van der Waals surface area contributed by atoms with Gasteiger partial charge in [0.15, 0.2) is 5.78 Å². The molecule has 20 heavy (non-hydrogen) atoms. The number of amides is 1. The summed E-state index contributed by atoms with van der Waals surface area (Å²) < 4.78 is 0. The highest BCUT2D eigenvalue weighted by molar-refractivity contribution is 5.97. The van der Waals surface area contributed by atoms with Gasteiger partial charge in [-0.15, -0.1) is 0 Å². The molecule has 0 aliphatic rings. The first-order valence-corrected chi connectivity index (χ1v) is 6.98. The first kappa shape index (κ1) is 16.4. The Bertz CT molecular complexity index is 453. The summed E-state index contributed by atoms with van der Waals surface area (Å²) in [5.74, 6) is -0.201. The van der Waals surface area contributed by atoms with Crippen molar-refractivity contribution in [2.45, 2.75) is 33.6 Å². The molecule has 0 spiro atoms. The Kier molecular flexibility index (Phi) is 5.89. The maximum Gasteiger partial charge on any atom is 0.251 e. The van der Waals surface area contributed by atoms with Gasteiger partial charge < -0.3 is 10.4 Å². The number of nitrogens with one attached hydrogen (secondary N) is 1. The zero-order chi connectivity index (χ0) is 15.2. The fourth-order valence-corrected chi connectivity index (χ4v) is 2.01. The minimum Gasteiger partial charge on any atom is -0.396 e. The summed E-state index contributed by atoms with van der Waals surface area (Å²) in [6, 6.07) is 6.58. The highest BCUT2D eigenvalue weighted by atomic mass is 16.3. The number of hydrogen-bond acceptors (Lipinski definition) is 3. The Morgan fingerprint density at radius 3 is 2.00 bits per heavy atom. The lowest BCUT2D eigenvalue weighted by Crippen LogP contribution is -2.39. The van der Waals surface area contributed by atoms with E-state index in [2.05, 4.69) is 5.32 Å². The van der Waals surface area contributed by atoms with Gasteiger partial charge >= 0.3 is 0 Å². The lowest BCUT2D eigenvalue weighted by molar-refractivity contribution is 0.0850. The van der Waals surface area contributed by atoms with Gasteiger partial charge in [-0.2, -0.15) is 0 Å². The Morgan fingerprint density at radius 1 is 1.10 bits per heavy atom. The zero-order valence-corrected chi connectivity index (χ0v) is 12.4. The van der Waals surface area contributed by atoms with Crippen LogP contribution in [0.2, 0.25) is 0 Å². The first-order chi connectivity index (χ1) is 9.48. The average molecular weight is 277 g/mol. The van der Waals surface area contributed by atoms with E-state index in [9.17, 15) is 14.7 Å². The van der Waals surface area contributed by atoms with Crippen molar-refractivity contribution in [3.63, 3.8) is 0 Å². The topological polar surface area (TPSA) is 66.4 Å². The van der Waals surface area contributed by atoms with Gasteiger partial charge in [-0.1, -0.05) is 26.0 Å². The summed E-state index contributed by atoms with van der Waals surface area (Å²) in [6.45, 7) is 6.02. The zero-order valence-electron chi connectivity index (χ0n) is 12.4. The van der Waals surface area contributed by atoms with Crippen molar-refractivity contribution >= 4 is 11.7 Å². The molecule has 0 saturated heterocycles. The van der Waals surface area contributed by atoms with Crippen LogP contribution in [0.5, 0.6) is 0 Å². The van der Waals surface area contributed by atoms with Crippen LogP contribution < -0.4 is 5.32 Å². The predicted octanol–water partition coefficient (Wildman–Crippen LogP) is 2.42. The van der Waals surface area contributed by atoms with Crippen molar-refractivity contribution in [2.24, 2.45) is 5.41 Å². The molecule has 1 aromatic carbocycles. The smallest absolute Gasteiger partial charge is 0.251 e. The number of rotatable bonds is 7. The number of benzene rings is 1. The van der Waals surface area contributed by atoms with E-state index in [0.29, 0.717) is 17.7 Å². The number of aliphatic hydroxyl groups excluding tert-OH is 1. The van der Waals surface area contributed by atoms with Crippen LogP contribution in [0.15, 0.2) is 24.3 Å². The molecular weight excluding hydrogens is 254 g/mol. The number of carbonyl (C=O) groups is 2. The van der Waals surface area contributed by atoms with Gasteiger partial charge in [-0.25, -0.2) is 0 Å². The van der Waals surface area contributed by atoms with Crippen molar-refractivity contribution in [3.8, 4) is 0 Å². The second-order valence-electron chi connectivity index (χ2n) is 5.18. The van der Waals surface area contributed by atoms with E-state index in [-0.39, 0.29) is 23.7 Å². The summed E-state index contributed by atoms with van der Waals surface area (Å²) in [7, 11) is 0. The van der Waals surface area contributed by atoms with E-state index >= 15 is 0 Å². The van der Waals surface area contributed by atoms with Crippen molar-refractivity contribution in [2.75, 3.05) is 13.2 Å². The molecule has 4 heteroatoms. The van der Waals surface area contributed by atoms with Crippen LogP contribution in [0.3, 0.4) is 0 Å². The Labute approximate surface area is 120 Å². The molecule has 0 atom stereocenters. The lowest BCUT2D eigenvalue weighted by atomic mass is 9.83. The van der Waals surface area contributed by atoms with Gasteiger partial charge in [0, 0.05) is 23.1 Å². The number of carbonyl (C=O) groups excluding carboxylic acids is 2. The second kappa shape index (κ2) is 7.20. The van der Waals surface area contributed by atoms with Gasteiger partial charge in [-0.05, 0) is 31.9 Å². The van der Waals surface area contributed by atoms with Gasteiger partial charge in [0.2, 0.25) is 0 Å². The van der Waals surface area contributed by atoms with Gasteiger partial charge in [0.25, 0.3) is 5.91 Å². The Morgan fingerprint density at radius 2 is 1.60 bits per heavy atom. The van der Waals surface area contributed by atoms with Crippen molar-refractivity contribution < 1.29 is 14.7 Å². The number of hydrogen-bond donors (Lipinski definition) is 2. The molecule has 0 bridgehead atoms. The van der Waals surface area contributed by atoms with Crippen molar-refractivity contribution in [1.82, 2.24) is 5.32 Å². The second-order valence-corrected chi connectivity index (χ2v) is 5.18. The Hall–Kier alpha value is -1.68. The van der Waals surface area contributed by atoms with E-state index < -0.39 is 0 Å².